The van der Waals surface area contributed by atoms with Crippen molar-refractivity contribution in [3.05, 3.63) is 41.3 Å². The zero-order valence-corrected chi connectivity index (χ0v) is 21.0. The van der Waals surface area contributed by atoms with E-state index in [1.54, 1.807) is 19.2 Å². The highest BCUT2D eigenvalue weighted by molar-refractivity contribution is 14.0. The summed E-state index contributed by atoms with van der Waals surface area (Å²) in [5.41, 5.74) is 7.74. The number of likely N-dealkylation sites (tertiary alicyclic amines) is 1. The van der Waals surface area contributed by atoms with Crippen LogP contribution in [-0.4, -0.2) is 59.9 Å². The van der Waals surface area contributed by atoms with Gasteiger partial charge in [-0.3, -0.25) is 9.89 Å². The first-order chi connectivity index (χ1) is 15.1. The number of hydrogen-bond donors (Lipinski definition) is 3. The van der Waals surface area contributed by atoms with Gasteiger partial charge in [-0.05, 0) is 63.0 Å². The third kappa shape index (κ3) is 6.32. The molecule has 0 radical (unpaired) electrons. The van der Waals surface area contributed by atoms with E-state index in [-0.39, 0.29) is 35.6 Å². The fourth-order valence-electron chi connectivity index (χ4n) is 3.99. The van der Waals surface area contributed by atoms with Crippen LogP contribution in [0, 0.1) is 17.1 Å². The van der Waals surface area contributed by atoms with Gasteiger partial charge in [0.25, 0.3) is 0 Å². The molecule has 8 nitrogen and oxygen atoms in total. The van der Waals surface area contributed by atoms with Crippen LogP contribution < -0.4 is 16.4 Å². The second kappa shape index (κ2) is 12.6. The van der Waals surface area contributed by atoms with E-state index in [1.807, 2.05) is 0 Å². The van der Waals surface area contributed by atoms with E-state index in [0.29, 0.717) is 36.0 Å². The Hall–Kier alpha value is -2.39. The van der Waals surface area contributed by atoms with Crippen LogP contribution in [0.3, 0.4) is 0 Å². The van der Waals surface area contributed by atoms with Crippen LogP contribution in [0.25, 0.3) is 5.69 Å². The topological polar surface area (TPSA) is 107 Å². The Morgan fingerprint density at radius 1 is 1.34 bits per heavy atom. The maximum absolute atomic E-state index is 13.2. The molecule has 1 aromatic heterocycles. The number of guanidine groups is 1. The summed E-state index contributed by atoms with van der Waals surface area (Å²) in [5.74, 6) is 0.713. The molecule has 1 unspecified atom stereocenters. The third-order valence-corrected chi connectivity index (χ3v) is 5.69. The number of hydrogen-bond acceptors (Lipinski definition) is 5. The molecule has 1 fully saturated rings. The molecule has 0 spiro atoms. The highest BCUT2D eigenvalue weighted by Crippen LogP contribution is 2.21. The van der Waals surface area contributed by atoms with Crippen LogP contribution in [0.4, 0.5) is 10.2 Å². The van der Waals surface area contributed by atoms with Gasteiger partial charge in [0.2, 0.25) is 0 Å². The Balaban J connectivity index is 0.00000363. The normalized spacial score (nSPS) is 16.4. The summed E-state index contributed by atoms with van der Waals surface area (Å²) in [7, 11) is 1.76. The standard InChI is InChI=1S/C22H31FN8.HI/c1-3-30-13-5-6-18(30)15-28-22(26-2)27-12-4-7-20-19(14-24)21(25)31(29-20)17-10-8-16(23)9-11-17;/h8-11,18H,3-7,12-13,15,25H2,1-2H3,(H2,26,27,28);1H. The molecule has 32 heavy (non-hydrogen) atoms. The number of nitrogens with zero attached hydrogens (tertiary/aromatic N) is 5. The number of nitrogens with one attached hydrogen (secondary N) is 2. The number of aliphatic imine (C=N–C) groups is 1. The van der Waals surface area contributed by atoms with E-state index >= 15 is 0 Å². The van der Waals surface area contributed by atoms with Gasteiger partial charge in [0.05, 0.1) is 11.4 Å². The summed E-state index contributed by atoms with van der Waals surface area (Å²) in [6, 6.07) is 8.56. The van der Waals surface area contributed by atoms with Crippen molar-refractivity contribution in [3.63, 3.8) is 0 Å². The molecule has 2 heterocycles. The molecule has 0 saturated carbocycles. The van der Waals surface area contributed by atoms with E-state index in [4.69, 9.17) is 5.73 Å². The van der Waals surface area contributed by atoms with Crippen LogP contribution in [0.15, 0.2) is 29.3 Å². The number of rotatable bonds is 8. The molecule has 0 bridgehead atoms. The van der Waals surface area contributed by atoms with Gasteiger partial charge in [-0.2, -0.15) is 10.4 Å². The van der Waals surface area contributed by atoms with Gasteiger partial charge in [0.15, 0.2) is 5.96 Å². The first kappa shape index (κ1) is 25.9. The number of aryl methyl sites for hydroxylation is 1. The molecule has 1 aliphatic heterocycles. The van der Waals surface area contributed by atoms with Gasteiger partial charge in [-0.1, -0.05) is 6.92 Å². The van der Waals surface area contributed by atoms with Crippen molar-refractivity contribution < 1.29 is 4.39 Å². The molecule has 10 heteroatoms. The Morgan fingerprint density at radius 3 is 2.75 bits per heavy atom. The monoisotopic (exact) mass is 554 g/mol. The van der Waals surface area contributed by atoms with E-state index in [9.17, 15) is 9.65 Å². The van der Waals surface area contributed by atoms with Crippen LogP contribution >= 0.6 is 24.0 Å². The second-order valence-electron chi connectivity index (χ2n) is 7.62. The number of benzene rings is 1. The van der Waals surface area contributed by atoms with E-state index < -0.39 is 0 Å². The van der Waals surface area contributed by atoms with Crippen molar-refractivity contribution in [1.29, 1.82) is 5.26 Å². The fraction of sp³-hybridized carbons (Fsp3) is 0.500. The molecule has 1 aromatic carbocycles. The lowest BCUT2D eigenvalue weighted by Gasteiger charge is -2.23. The van der Waals surface area contributed by atoms with Crippen molar-refractivity contribution in [1.82, 2.24) is 25.3 Å². The number of halogens is 2. The summed E-state index contributed by atoms with van der Waals surface area (Å²) < 4.78 is 14.7. The summed E-state index contributed by atoms with van der Waals surface area (Å²) in [6.07, 6.45) is 3.82. The Kier molecular flexibility index (Phi) is 10.2. The van der Waals surface area contributed by atoms with Crippen molar-refractivity contribution in [2.24, 2.45) is 4.99 Å². The van der Waals surface area contributed by atoms with E-state index in [2.05, 4.69) is 38.6 Å². The van der Waals surface area contributed by atoms with Gasteiger partial charge in [0.1, 0.15) is 23.3 Å². The molecule has 1 atom stereocenters. The van der Waals surface area contributed by atoms with Crippen molar-refractivity contribution in [3.8, 4) is 11.8 Å². The third-order valence-electron chi connectivity index (χ3n) is 5.69. The van der Waals surface area contributed by atoms with Gasteiger partial charge in [0, 0.05) is 26.2 Å². The lowest BCUT2D eigenvalue weighted by molar-refractivity contribution is 0.267. The summed E-state index contributed by atoms with van der Waals surface area (Å²) in [6.45, 7) is 6.02. The lowest BCUT2D eigenvalue weighted by atomic mass is 10.1. The predicted molar refractivity (Wildman–Crippen MR) is 136 cm³/mol. The van der Waals surface area contributed by atoms with Gasteiger partial charge in [-0.15, -0.1) is 24.0 Å². The van der Waals surface area contributed by atoms with Gasteiger partial charge < -0.3 is 16.4 Å². The van der Waals surface area contributed by atoms with Crippen molar-refractivity contribution in [2.75, 3.05) is 39.0 Å². The second-order valence-corrected chi connectivity index (χ2v) is 7.62. The first-order valence-corrected chi connectivity index (χ1v) is 10.8. The number of aromatic nitrogens is 2. The number of nitrogens with two attached hydrogens (primary N) is 1. The smallest absolute Gasteiger partial charge is 0.191 e. The quantitative estimate of drug-likeness (QED) is 0.201. The van der Waals surface area contributed by atoms with Gasteiger partial charge in [-0.25, -0.2) is 9.07 Å². The van der Waals surface area contributed by atoms with E-state index in [1.165, 1.54) is 36.2 Å². The van der Waals surface area contributed by atoms with Gasteiger partial charge >= 0.3 is 0 Å². The number of anilines is 1. The van der Waals surface area contributed by atoms with E-state index in [0.717, 1.165) is 25.5 Å². The average molecular weight is 554 g/mol. The predicted octanol–water partition coefficient (Wildman–Crippen LogP) is 2.67. The van der Waals surface area contributed by atoms with Crippen molar-refractivity contribution in [2.45, 2.75) is 38.6 Å². The summed E-state index contributed by atoms with van der Waals surface area (Å²) in [4.78, 5) is 6.79. The molecule has 174 valence electrons. The Bertz CT molecular complexity index is 935. The highest BCUT2D eigenvalue weighted by Gasteiger charge is 2.22. The Labute approximate surface area is 206 Å². The molecular weight excluding hydrogens is 522 g/mol. The maximum Gasteiger partial charge on any atom is 0.191 e. The fourth-order valence-corrected chi connectivity index (χ4v) is 3.99. The molecule has 2 aromatic rings. The minimum atomic E-state index is -0.335. The molecule has 1 saturated heterocycles. The average Bonchev–Trinajstić information content (AvgIpc) is 3.37. The van der Waals surface area contributed by atoms with Crippen molar-refractivity contribution >= 4 is 35.8 Å². The Morgan fingerprint density at radius 2 is 2.09 bits per heavy atom. The minimum Gasteiger partial charge on any atom is -0.382 e. The van der Waals surface area contributed by atoms with Crippen LogP contribution in [-0.2, 0) is 6.42 Å². The number of nitriles is 1. The molecule has 3 rings (SSSR count). The molecule has 0 aliphatic carbocycles. The zero-order chi connectivity index (χ0) is 22.2. The first-order valence-electron chi connectivity index (χ1n) is 10.8. The molecule has 4 N–H and O–H groups in total. The largest absolute Gasteiger partial charge is 0.382 e. The summed E-state index contributed by atoms with van der Waals surface area (Å²) in [5, 5.41) is 20.7. The SMILES string of the molecule is CCN1CCCC1CNC(=NC)NCCCc1nn(-c2ccc(F)cc2)c(N)c1C#N.I. The summed E-state index contributed by atoms with van der Waals surface area (Å²) >= 11 is 0. The number of likely N-dealkylation sites (N-methyl/N-ethyl adjacent to an activating group) is 1. The lowest BCUT2D eigenvalue weighted by Crippen LogP contribution is -2.45. The highest BCUT2D eigenvalue weighted by atomic mass is 127. The maximum atomic E-state index is 13.2. The molecule has 1 aliphatic rings. The minimum absolute atomic E-state index is 0. The van der Waals surface area contributed by atoms with Crippen LogP contribution in [0.2, 0.25) is 0 Å². The molecule has 0 amide bonds. The zero-order valence-electron chi connectivity index (χ0n) is 18.6. The van der Waals surface area contributed by atoms with Crippen LogP contribution in [0.1, 0.15) is 37.4 Å². The molecular formula is C22H32FIN8. The number of nitrogen functional groups attached to an aromatic ring is 1. The van der Waals surface area contributed by atoms with Crippen LogP contribution in [0.5, 0.6) is 0 Å².